The second-order valence-electron chi connectivity index (χ2n) is 8.53. The van der Waals surface area contributed by atoms with Gasteiger partial charge in [-0.15, -0.1) is 0 Å². The van der Waals surface area contributed by atoms with Gasteiger partial charge in [-0.1, -0.05) is 26.0 Å². The van der Waals surface area contributed by atoms with E-state index in [9.17, 15) is 9.59 Å². The van der Waals surface area contributed by atoms with Crippen molar-refractivity contribution in [2.75, 3.05) is 34.4 Å². The molecule has 0 spiro atoms. The summed E-state index contributed by atoms with van der Waals surface area (Å²) in [6, 6.07) is 10.4. The number of carbonyl (C=O) groups excluding carboxylic acids is 2. The van der Waals surface area contributed by atoms with E-state index in [1.807, 2.05) is 40.7 Å². The van der Waals surface area contributed by atoms with Gasteiger partial charge in [-0.05, 0) is 44.0 Å². The molecule has 0 fully saturated rings. The average molecular weight is 497 g/mol. The number of imidazole rings is 1. The zero-order valence-electron chi connectivity index (χ0n) is 22.0. The molecule has 2 aromatic carbocycles. The number of rotatable bonds is 12. The van der Waals surface area contributed by atoms with Crippen LogP contribution < -0.4 is 19.5 Å². The van der Waals surface area contributed by atoms with Crippen LogP contribution in [0.15, 0.2) is 36.4 Å². The predicted molar refractivity (Wildman–Crippen MR) is 139 cm³/mol. The standard InChI is InChI=1S/C27H36N4O5/c1-7-13-30(14-8-2)24(32)17-31-21-12-10-9-11-20(21)29-26(31)18(3)28-27(33)19-15-22(34-4)25(36-6)23(16-19)35-5/h9-12,15-16,18H,7-8,13-14,17H2,1-6H3,(H,28,33). The van der Waals surface area contributed by atoms with Gasteiger partial charge in [-0.25, -0.2) is 4.98 Å². The Morgan fingerprint density at radius 2 is 1.61 bits per heavy atom. The number of aromatic nitrogens is 2. The summed E-state index contributed by atoms with van der Waals surface area (Å²) in [6.07, 6.45) is 1.79. The van der Waals surface area contributed by atoms with E-state index in [1.54, 1.807) is 12.1 Å². The van der Waals surface area contributed by atoms with Gasteiger partial charge in [-0.3, -0.25) is 9.59 Å². The van der Waals surface area contributed by atoms with Crippen LogP contribution in [0.3, 0.4) is 0 Å². The largest absolute Gasteiger partial charge is 0.493 e. The fraction of sp³-hybridized carbons (Fsp3) is 0.444. The minimum atomic E-state index is -0.470. The van der Waals surface area contributed by atoms with E-state index in [1.165, 1.54) is 21.3 Å². The highest BCUT2D eigenvalue weighted by Gasteiger charge is 2.23. The number of carbonyl (C=O) groups is 2. The Kier molecular flexibility index (Phi) is 9.16. The van der Waals surface area contributed by atoms with Crippen LogP contribution in [-0.2, 0) is 11.3 Å². The molecule has 1 aromatic heterocycles. The van der Waals surface area contributed by atoms with Crippen molar-refractivity contribution < 1.29 is 23.8 Å². The van der Waals surface area contributed by atoms with Crippen LogP contribution in [0, 0.1) is 0 Å². The van der Waals surface area contributed by atoms with E-state index < -0.39 is 6.04 Å². The second kappa shape index (κ2) is 12.3. The van der Waals surface area contributed by atoms with Crippen LogP contribution in [-0.4, -0.2) is 60.7 Å². The first kappa shape index (κ1) is 26.8. The van der Waals surface area contributed by atoms with Crippen molar-refractivity contribution in [1.82, 2.24) is 19.8 Å². The molecule has 3 aromatic rings. The second-order valence-corrected chi connectivity index (χ2v) is 8.53. The molecule has 3 rings (SSSR count). The molecule has 194 valence electrons. The van der Waals surface area contributed by atoms with Crippen molar-refractivity contribution in [2.24, 2.45) is 0 Å². The molecular weight excluding hydrogens is 460 g/mol. The monoisotopic (exact) mass is 496 g/mol. The zero-order chi connectivity index (χ0) is 26.2. The van der Waals surface area contributed by atoms with Crippen LogP contribution in [0.1, 0.15) is 55.8 Å². The van der Waals surface area contributed by atoms with E-state index in [0.29, 0.717) is 41.7 Å². The number of benzene rings is 2. The summed E-state index contributed by atoms with van der Waals surface area (Å²) in [5, 5.41) is 3.01. The minimum absolute atomic E-state index is 0.0336. The number of methoxy groups -OCH3 is 3. The number of nitrogens with zero attached hydrogens (tertiary/aromatic N) is 3. The van der Waals surface area contributed by atoms with Crippen molar-refractivity contribution in [3.63, 3.8) is 0 Å². The molecule has 1 atom stereocenters. The summed E-state index contributed by atoms with van der Waals surface area (Å²) in [4.78, 5) is 33.1. The van der Waals surface area contributed by atoms with Gasteiger partial charge in [0.2, 0.25) is 11.7 Å². The Bertz CT molecular complexity index is 1180. The Morgan fingerprint density at radius 3 is 2.17 bits per heavy atom. The molecule has 0 bridgehead atoms. The number of para-hydroxylation sites is 2. The molecule has 1 unspecified atom stereocenters. The van der Waals surface area contributed by atoms with E-state index in [0.717, 1.165) is 23.9 Å². The molecule has 9 heteroatoms. The summed E-state index contributed by atoms with van der Waals surface area (Å²) in [5.74, 6) is 1.50. The molecule has 1 N–H and O–H groups in total. The maximum absolute atomic E-state index is 13.2. The maximum Gasteiger partial charge on any atom is 0.252 e. The third-order valence-electron chi connectivity index (χ3n) is 5.98. The van der Waals surface area contributed by atoms with Crippen molar-refractivity contribution in [3.8, 4) is 17.2 Å². The van der Waals surface area contributed by atoms with E-state index in [4.69, 9.17) is 19.2 Å². The highest BCUT2D eigenvalue weighted by atomic mass is 16.5. The molecule has 9 nitrogen and oxygen atoms in total. The number of nitrogens with one attached hydrogen (secondary N) is 1. The minimum Gasteiger partial charge on any atom is -0.493 e. The first-order chi connectivity index (χ1) is 17.4. The van der Waals surface area contributed by atoms with Crippen LogP contribution >= 0.6 is 0 Å². The molecule has 2 amide bonds. The van der Waals surface area contributed by atoms with Crippen LogP contribution in [0.4, 0.5) is 0 Å². The number of fused-ring (bicyclic) bond motifs is 1. The smallest absolute Gasteiger partial charge is 0.252 e. The lowest BCUT2D eigenvalue weighted by atomic mass is 10.1. The van der Waals surface area contributed by atoms with E-state index >= 15 is 0 Å². The van der Waals surface area contributed by atoms with Crippen molar-refractivity contribution in [2.45, 2.75) is 46.2 Å². The third-order valence-corrected chi connectivity index (χ3v) is 5.98. The zero-order valence-corrected chi connectivity index (χ0v) is 22.0. The summed E-state index contributed by atoms with van der Waals surface area (Å²) in [5.41, 5.74) is 1.97. The first-order valence-corrected chi connectivity index (χ1v) is 12.2. The molecule has 0 saturated heterocycles. The predicted octanol–water partition coefficient (Wildman–Crippen LogP) is 4.20. The Morgan fingerprint density at radius 1 is 1.00 bits per heavy atom. The fourth-order valence-corrected chi connectivity index (χ4v) is 4.28. The lowest BCUT2D eigenvalue weighted by Crippen LogP contribution is -2.36. The normalized spacial score (nSPS) is 11.7. The topological polar surface area (TPSA) is 94.9 Å². The lowest BCUT2D eigenvalue weighted by Gasteiger charge is -2.23. The van der Waals surface area contributed by atoms with Gasteiger partial charge in [0.15, 0.2) is 11.5 Å². The number of hydrogen-bond acceptors (Lipinski definition) is 6. The van der Waals surface area contributed by atoms with Crippen molar-refractivity contribution in [1.29, 1.82) is 0 Å². The SMILES string of the molecule is CCCN(CCC)C(=O)Cn1c(C(C)NC(=O)c2cc(OC)c(OC)c(OC)c2)nc2ccccc21. The molecule has 0 aliphatic heterocycles. The van der Waals surface area contributed by atoms with Gasteiger partial charge < -0.3 is 29.0 Å². The van der Waals surface area contributed by atoms with E-state index in [2.05, 4.69) is 19.2 Å². The first-order valence-electron chi connectivity index (χ1n) is 12.2. The van der Waals surface area contributed by atoms with Crippen molar-refractivity contribution in [3.05, 3.63) is 47.8 Å². The number of amides is 2. The van der Waals surface area contributed by atoms with Gasteiger partial charge in [-0.2, -0.15) is 0 Å². The summed E-state index contributed by atoms with van der Waals surface area (Å²) < 4.78 is 18.0. The van der Waals surface area contributed by atoms with Crippen LogP contribution in [0.2, 0.25) is 0 Å². The Labute approximate surface area is 212 Å². The van der Waals surface area contributed by atoms with Gasteiger partial charge >= 0.3 is 0 Å². The maximum atomic E-state index is 13.2. The fourth-order valence-electron chi connectivity index (χ4n) is 4.28. The quantitative estimate of drug-likeness (QED) is 0.404. The summed E-state index contributed by atoms with van der Waals surface area (Å²) >= 11 is 0. The Balaban J connectivity index is 1.92. The molecule has 0 aliphatic carbocycles. The van der Waals surface area contributed by atoms with Crippen molar-refractivity contribution >= 4 is 22.8 Å². The van der Waals surface area contributed by atoms with Gasteiger partial charge in [0, 0.05) is 18.7 Å². The van der Waals surface area contributed by atoms with Gasteiger partial charge in [0.1, 0.15) is 12.4 Å². The molecule has 1 heterocycles. The Hall–Kier alpha value is -3.75. The van der Waals surface area contributed by atoms with E-state index in [-0.39, 0.29) is 18.4 Å². The van der Waals surface area contributed by atoms with Crippen LogP contribution in [0.25, 0.3) is 11.0 Å². The van der Waals surface area contributed by atoms with Crippen LogP contribution in [0.5, 0.6) is 17.2 Å². The van der Waals surface area contributed by atoms with Gasteiger partial charge in [0.25, 0.3) is 5.91 Å². The molecule has 0 radical (unpaired) electrons. The molecule has 0 saturated carbocycles. The lowest BCUT2D eigenvalue weighted by molar-refractivity contribution is -0.131. The molecule has 36 heavy (non-hydrogen) atoms. The highest BCUT2D eigenvalue weighted by Crippen LogP contribution is 2.38. The number of ether oxygens (including phenoxy) is 3. The summed E-state index contributed by atoms with van der Waals surface area (Å²) in [7, 11) is 4.51. The highest BCUT2D eigenvalue weighted by molar-refractivity contribution is 5.96. The third kappa shape index (κ3) is 5.72. The summed E-state index contributed by atoms with van der Waals surface area (Å²) in [6.45, 7) is 7.56. The molecule has 0 aliphatic rings. The average Bonchev–Trinajstić information content (AvgIpc) is 3.25. The molecular formula is C27H36N4O5. The number of hydrogen-bond donors (Lipinski definition) is 1. The van der Waals surface area contributed by atoms with Gasteiger partial charge in [0.05, 0.1) is 38.4 Å².